The Morgan fingerprint density at radius 1 is 1.09 bits per heavy atom. The van der Waals surface area contributed by atoms with E-state index in [0.29, 0.717) is 5.92 Å². The van der Waals surface area contributed by atoms with Gasteiger partial charge in [0, 0.05) is 6.42 Å². The first kappa shape index (κ1) is 20.5. The minimum atomic E-state index is -0.376. The maximum absolute atomic E-state index is 12.8. The molecular weight excluding hydrogens is 288 g/mol. The summed E-state index contributed by atoms with van der Waals surface area (Å²) in [5.41, 5.74) is -0.366. The normalized spacial score (nSPS) is 18.2. The molecule has 3 heteroatoms. The molecule has 1 saturated carbocycles. The smallest absolute Gasteiger partial charge is 0.314 e. The zero-order valence-corrected chi connectivity index (χ0v) is 16.0. The van der Waals surface area contributed by atoms with E-state index in [1.165, 1.54) is 19.3 Å². The van der Waals surface area contributed by atoms with Crippen LogP contribution in [-0.2, 0) is 14.3 Å². The Morgan fingerprint density at radius 3 is 2.13 bits per heavy atom. The lowest BCUT2D eigenvalue weighted by Crippen LogP contribution is -2.36. The summed E-state index contributed by atoms with van der Waals surface area (Å²) in [5, 5.41) is 0. The highest BCUT2D eigenvalue weighted by molar-refractivity contribution is 5.76. The van der Waals surface area contributed by atoms with Crippen LogP contribution < -0.4 is 0 Å². The summed E-state index contributed by atoms with van der Waals surface area (Å²) in [6, 6.07) is 0. The lowest BCUT2D eigenvalue weighted by Gasteiger charge is -2.32. The number of esters is 1. The monoisotopic (exact) mass is 326 g/mol. The average molecular weight is 327 g/mol. The van der Waals surface area contributed by atoms with Crippen molar-refractivity contribution in [1.82, 2.24) is 0 Å². The quantitative estimate of drug-likeness (QED) is 0.373. The van der Waals surface area contributed by atoms with Crippen molar-refractivity contribution in [2.24, 2.45) is 11.3 Å². The molecule has 23 heavy (non-hydrogen) atoms. The van der Waals surface area contributed by atoms with E-state index in [9.17, 15) is 4.79 Å². The molecule has 0 radical (unpaired) electrons. The maximum atomic E-state index is 12.8. The highest BCUT2D eigenvalue weighted by Gasteiger charge is 2.35. The molecule has 136 valence electrons. The zero-order chi connectivity index (χ0) is 17.3. The van der Waals surface area contributed by atoms with Gasteiger partial charge in [-0.05, 0) is 38.5 Å². The first-order chi connectivity index (χ1) is 10.9. The summed E-state index contributed by atoms with van der Waals surface area (Å²) in [4.78, 5) is 12.8. The van der Waals surface area contributed by atoms with E-state index in [2.05, 4.69) is 34.6 Å². The van der Waals surface area contributed by atoms with Crippen molar-refractivity contribution in [3.05, 3.63) is 0 Å². The fraction of sp³-hybridized carbons (Fsp3) is 0.950. The van der Waals surface area contributed by atoms with Crippen molar-refractivity contribution in [3.63, 3.8) is 0 Å². The molecule has 1 atom stereocenters. The molecule has 0 heterocycles. The van der Waals surface area contributed by atoms with Crippen LogP contribution in [0.25, 0.3) is 0 Å². The lowest BCUT2D eigenvalue weighted by molar-refractivity contribution is -0.206. The van der Waals surface area contributed by atoms with Gasteiger partial charge in [-0.15, -0.1) is 0 Å². The first-order valence-corrected chi connectivity index (χ1v) is 9.77. The number of hydrogen-bond donors (Lipinski definition) is 0. The molecule has 0 amide bonds. The molecule has 0 bridgehead atoms. The van der Waals surface area contributed by atoms with Crippen LogP contribution in [0.5, 0.6) is 0 Å². The van der Waals surface area contributed by atoms with Gasteiger partial charge >= 0.3 is 5.97 Å². The Hall–Kier alpha value is -0.570. The molecule has 0 aliphatic heterocycles. The third-order valence-electron chi connectivity index (χ3n) is 4.90. The molecule has 1 aliphatic rings. The Labute approximate surface area is 143 Å². The van der Waals surface area contributed by atoms with E-state index in [1.807, 2.05) is 0 Å². The van der Waals surface area contributed by atoms with E-state index >= 15 is 0 Å². The number of carbonyl (C=O) groups excluding carboxylic acids is 1. The van der Waals surface area contributed by atoms with Gasteiger partial charge < -0.3 is 9.47 Å². The summed E-state index contributed by atoms with van der Waals surface area (Å²) >= 11 is 0. The molecule has 1 unspecified atom stereocenters. The van der Waals surface area contributed by atoms with E-state index in [-0.39, 0.29) is 23.8 Å². The van der Waals surface area contributed by atoms with Gasteiger partial charge in [-0.3, -0.25) is 4.79 Å². The summed E-state index contributed by atoms with van der Waals surface area (Å²) in [6.45, 7) is 10.6. The molecule has 1 aliphatic carbocycles. The van der Waals surface area contributed by atoms with E-state index in [4.69, 9.17) is 9.47 Å². The number of rotatable bonds is 10. The van der Waals surface area contributed by atoms with Crippen LogP contribution in [0.3, 0.4) is 0 Å². The molecule has 0 aromatic heterocycles. The minimum Gasteiger partial charge on any atom is -0.435 e. The van der Waals surface area contributed by atoms with Crippen LogP contribution in [-0.4, -0.2) is 18.4 Å². The molecule has 0 saturated heterocycles. The molecule has 1 rings (SSSR count). The number of carbonyl (C=O) groups is 1. The highest BCUT2D eigenvalue weighted by Crippen LogP contribution is 2.32. The Bertz CT molecular complexity index is 326. The van der Waals surface area contributed by atoms with Crippen molar-refractivity contribution >= 4 is 5.97 Å². The zero-order valence-electron chi connectivity index (χ0n) is 16.0. The third-order valence-corrected chi connectivity index (χ3v) is 4.90. The van der Waals surface area contributed by atoms with Crippen LogP contribution in [0.1, 0.15) is 98.8 Å². The first-order valence-electron chi connectivity index (χ1n) is 9.77. The van der Waals surface area contributed by atoms with Gasteiger partial charge in [-0.2, -0.15) is 0 Å². The van der Waals surface area contributed by atoms with Gasteiger partial charge in [0.25, 0.3) is 0 Å². The molecule has 3 nitrogen and oxygen atoms in total. The van der Waals surface area contributed by atoms with Crippen molar-refractivity contribution in [1.29, 1.82) is 0 Å². The van der Waals surface area contributed by atoms with Gasteiger partial charge in [-0.25, -0.2) is 0 Å². The van der Waals surface area contributed by atoms with Crippen LogP contribution in [0.15, 0.2) is 0 Å². The summed E-state index contributed by atoms with van der Waals surface area (Å²) in [5.74, 6) is 0.391. The van der Waals surface area contributed by atoms with Crippen LogP contribution in [0.2, 0.25) is 0 Å². The molecule has 0 N–H and O–H groups in total. The SMILES string of the molecule is CCCC(C)(CCC)C(=O)OC(CC(C)C)OC1CCCCC1. The van der Waals surface area contributed by atoms with Gasteiger partial charge in [0.2, 0.25) is 6.29 Å². The second kappa shape index (κ2) is 10.3. The predicted molar refractivity (Wildman–Crippen MR) is 95.2 cm³/mol. The Morgan fingerprint density at radius 2 is 1.65 bits per heavy atom. The van der Waals surface area contributed by atoms with Crippen molar-refractivity contribution < 1.29 is 14.3 Å². The molecule has 0 aromatic rings. The lowest BCUT2D eigenvalue weighted by atomic mass is 9.81. The van der Waals surface area contributed by atoms with Gasteiger partial charge in [0.05, 0.1) is 11.5 Å². The fourth-order valence-electron chi connectivity index (χ4n) is 3.63. The molecular formula is C20H38O3. The molecule has 0 spiro atoms. The standard InChI is InChI=1S/C20H38O3/c1-6-13-20(5,14-7-2)19(21)23-18(15-16(3)4)22-17-11-9-8-10-12-17/h16-18H,6-15H2,1-5H3. The van der Waals surface area contributed by atoms with Crippen LogP contribution >= 0.6 is 0 Å². The van der Waals surface area contributed by atoms with Gasteiger partial charge in [-0.1, -0.05) is 59.8 Å². The van der Waals surface area contributed by atoms with E-state index < -0.39 is 0 Å². The Kier molecular flexibility index (Phi) is 9.19. The summed E-state index contributed by atoms with van der Waals surface area (Å²) in [7, 11) is 0. The largest absolute Gasteiger partial charge is 0.435 e. The number of hydrogen-bond acceptors (Lipinski definition) is 3. The van der Waals surface area contributed by atoms with Gasteiger partial charge in [0.15, 0.2) is 0 Å². The second-order valence-electron chi connectivity index (χ2n) is 7.92. The van der Waals surface area contributed by atoms with Crippen LogP contribution in [0.4, 0.5) is 0 Å². The Balaban J connectivity index is 2.67. The van der Waals surface area contributed by atoms with Crippen LogP contribution in [0, 0.1) is 11.3 Å². The van der Waals surface area contributed by atoms with E-state index in [1.54, 1.807) is 0 Å². The maximum Gasteiger partial charge on any atom is 0.314 e. The van der Waals surface area contributed by atoms with E-state index in [0.717, 1.165) is 44.9 Å². The highest BCUT2D eigenvalue weighted by atomic mass is 16.7. The summed E-state index contributed by atoms with van der Waals surface area (Å²) < 4.78 is 12.1. The van der Waals surface area contributed by atoms with Crippen molar-refractivity contribution in [3.8, 4) is 0 Å². The topological polar surface area (TPSA) is 35.5 Å². The molecule has 1 fully saturated rings. The van der Waals surface area contributed by atoms with Crippen molar-refractivity contribution in [2.75, 3.05) is 0 Å². The molecule has 0 aromatic carbocycles. The van der Waals surface area contributed by atoms with Crippen molar-refractivity contribution in [2.45, 2.75) is 111 Å². The predicted octanol–water partition coefficient (Wildman–Crippen LogP) is 5.86. The second-order valence-corrected chi connectivity index (χ2v) is 7.92. The summed E-state index contributed by atoms with van der Waals surface area (Å²) in [6.07, 6.45) is 10.4. The minimum absolute atomic E-state index is 0.0670. The third kappa shape index (κ3) is 7.24. The van der Waals surface area contributed by atoms with Gasteiger partial charge in [0.1, 0.15) is 0 Å². The average Bonchev–Trinajstić information content (AvgIpc) is 2.48. The fourth-order valence-corrected chi connectivity index (χ4v) is 3.63. The number of ether oxygens (including phenoxy) is 2.